The van der Waals surface area contributed by atoms with Crippen LogP contribution in [0.4, 0.5) is 5.69 Å². The molecule has 1 N–H and O–H groups in total. The van der Waals surface area contributed by atoms with E-state index >= 15 is 0 Å². The molecule has 0 bridgehead atoms. The molecule has 0 atom stereocenters. The number of aryl methyl sites for hydroxylation is 2. The fraction of sp³-hybridized carbons (Fsp3) is 0.133. The summed E-state index contributed by atoms with van der Waals surface area (Å²) >= 11 is 5.86. The molecule has 19 heavy (non-hydrogen) atoms. The van der Waals surface area contributed by atoms with Crippen molar-refractivity contribution in [2.45, 2.75) is 13.8 Å². The Kier molecular flexibility index (Phi) is 4.07. The van der Waals surface area contributed by atoms with Crippen molar-refractivity contribution in [1.29, 1.82) is 0 Å². The Bertz CT molecular complexity index is 629. The number of halogens is 1. The van der Waals surface area contributed by atoms with Gasteiger partial charge in [-0.1, -0.05) is 11.6 Å². The van der Waals surface area contributed by atoms with Gasteiger partial charge >= 0.3 is 0 Å². The predicted molar refractivity (Wildman–Crippen MR) is 77.3 cm³/mol. The summed E-state index contributed by atoms with van der Waals surface area (Å²) in [4.78, 5) is 11.8. The van der Waals surface area contributed by atoms with Crippen LogP contribution in [0.2, 0.25) is 5.02 Å². The summed E-state index contributed by atoms with van der Waals surface area (Å²) in [5.41, 5.74) is 1.66. The molecule has 4 heteroatoms. The van der Waals surface area contributed by atoms with Crippen LogP contribution in [0.25, 0.3) is 6.08 Å². The smallest absolute Gasteiger partial charge is 0.248 e. The summed E-state index contributed by atoms with van der Waals surface area (Å²) < 4.78 is 5.34. The number of furan rings is 1. The molecule has 1 aromatic heterocycles. The van der Waals surface area contributed by atoms with Crippen LogP contribution < -0.4 is 5.32 Å². The molecule has 0 unspecified atom stereocenters. The van der Waals surface area contributed by atoms with Gasteiger partial charge in [-0.05, 0) is 55.8 Å². The molecule has 0 aliphatic carbocycles. The van der Waals surface area contributed by atoms with Gasteiger partial charge < -0.3 is 9.73 Å². The highest BCUT2D eigenvalue weighted by Crippen LogP contribution is 2.19. The number of hydrogen-bond donors (Lipinski definition) is 1. The van der Waals surface area contributed by atoms with Crippen LogP contribution in [-0.2, 0) is 4.79 Å². The van der Waals surface area contributed by atoms with E-state index in [2.05, 4.69) is 5.32 Å². The van der Waals surface area contributed by atoms with Crippen LogP contribution in [0.15, 0.2) is 40.8 Å². The number of benzene rings is 1. The highest BCUT2D eigenvalue weighted by atomic mass is 35.5. The predicted octanol–water partition coefficient (Wildman–Crippen LogP) is 4.20. The number of anilines is 1. The molecule has 0 aliphatic heterocycles. The lowest BCUT2D eigenvalue weighted by atomic mass is 10.2. The molecular formula is C15H14ClNO2. The largest absolute Gasteiger partial charge is 0.462 e. The van der Waals surface area contributed by atoms with Crippen LogP contribution in [0.1, 0.15) is 17.1 Å². The summed E-state index contributed by atoms with van der Waals surface area (Å²) in [5, 5.41) is 3.44. The second kappa shape index (κ2) is 5.76. The van der Waals surface area contributed by atoms with Gasteiger partial charge in [-0.2, -0.15) is 0 Å². The lowest BCUT2D eigenvalue weighted by Gasteiger charge is -2.06. The van der Waals surface area contributed by atoms with E-state index in [9.17, 15) is 4.79 Å². The molecule has 0 fully saturated rings. The average Bonchev–Trinajstić information content (AvgIpc) is 2.76. The first-order valence-corrected chi connectivity index (χ1v) is 6.24. The van der Waals surface area contributed by atoms with Gasteiger partial charge in [0.15, 0.2) is 0 Å². The molecule has 0 radical (unpaired) electrons. The Morgan fingerprint density at radius 1 is 1.26 bits per heavy atom. The van der Waals surface area contributed by atoms with Crippen LogP contribution in [-0.4, -0.2) is 5.91 Å². The van der Waals surface area contributed by atoms with E-state index in [1.165, 1.54) is 6.08 Å². The molecule has 98 valence electrons. The van der Waals surface area contributed by atoms with Crippen molar-refractivity contribution >= 4 is 29.3 Å². The van der Waals surface area contributed by atoms with E-state index in [4.69, 9.17) is 16.0 Å². The standard InChI is InChI=1S/C15H14ClNO2/c1-10-9-12(16)4-7-14(10)17-15(18)8-6-13-5-3-11(2)19-13/h3-9H,1-2H3,(H,17,18)/b8-6+. The Labute approximate surface area is 116 Å². The van der Waals surface area contributed by atoms with Gasteiger partial charge in [-0.3, -0.25) is 4.79 Å². The SMILES string of the molecule is Cc1ccc(/C=C/C(=O)Nc2ccc(Cl)cc2C)o1. The quantitative estimate of drug-likeness (QED) is 0.853. The maximum absolute atomic E-state index is 11.8. The summed E-state index contributed by atoms with van der Waals surface area (Å²) in [5.74, 6) is 1.26. The summed E-state index contributed by atoms with van der Waals surface area (Å²) in [6, 6.07) is 8.98. The minimum atomic E-state index is -0.209. The first kappa shape index (κ1) is 13.4. The minimum absolute atomic E-state index is 0.209. The fourth-order valence-corrected chi connectivity index (χ4v) is 1.87. The molecule has 2 aromatic rings. The van der Waals surface area contributed by atoms with Gasteiger partial charge in [0.05, 0.1) is 0 Å². The monoisotopic (exact) mass is 275 g/mol. The highest BCUT2D eigenvalue weighted by molar-refractivity contribution is 6.30. The first-order chi connectivity index (χ1) is 9.04. The highest BCUT2D eigenvalue weighted by Gasteiger charge is 2.02. The van der Waals surface area contributed by atoms with Gasteiger partial charge in [0.25, 0.3) is 0 Å². The number of rotatable bonds is 3. The van der Waals surface area contributed by atoms with E-state index in [0.29, 0.717) is 10.8 Å². The minimum Gasteiger partial charge on any atom is -0.462 e. The average molecular weight is 276 g/mol. The van der Waals surface area contributed by atoms with Gasteiger partial charge in [-0.25, -0.2) is 0 Å². The second-order valence-electron chi connectivity index (χ2n) is 4.23. The topological polar surface area (TPSA) is 42.2 Å². The molecule has 1 amide bonds. The van der Waals surface area contributed by atoms with Crippen molar-refractivity contribution in [2.24, 2.45) is 0 Å². The molecule has 1 aromatic carbocycles. The third kappa shape index (κ3) is 3.73. The molecule has 0 aliphatic rings. The van der Waals surface area contributed by atoms with E-state index in [1.807, 2.05) is 26.0 Å². The van der Waals surface area contributed by atoms with E-state index in [1.54, 1.807) is 24.3 Å². The maximum atomic E-state index is 11.8. The van der Waals surface area contributed by atoms with Gasteiger partial charge in [0.2, 0.25) is 5.91 Å². The van der Waals surface area contributed by atoms with E-state index in [-0.39, 0.29) is 5.91 Å². The number of nitrogens with one attached hydrogen (secondary N) is 1. The molecule has 1 heterocycles. The van der Waals surface area contributed by atoms with Crippen molar-refractivity contribution in [3.8, 4) is 0 Å². The van der Waals surface area contributed by atoms with Gasteiger partial charge in [-0.15, -0.1) is 0 Å². The molecule has 0 saturated carbocycles. The fourth-order valence-electron chi connectivity index (χ4n) is 1.64. The zero-order valence-corrected chi connectivity index (χ0v) is 11.5. The van der Waals surface area contributed by atoms with E-state index in [0.717, 1.165) is 17.0 Å². The van der Waals surface area contributed by atoms with Crippen molar-refractivity contribution in [2.75, 3.05) is 5.32 Å². The van der Waals surface area contributed by atoms with Crippen LogP contribution in [0.3, 0.4) is 0 Å². The molecule has 0 spiro atoms. The van der Waals surface area contributed by atoms with Crippen LogP contribution >= 0.6 is 11.6 Å². The molecule has 0 saturated heterocycles. The van der Waals surface area contributed by atoms with Crippen LogP contribution in [0.5, 0.6) is 0 Å². The number of amides is 1. The summed E-state index contributed by atoms with van der Waals surface area (Å²) in [6.45, 7) is 3.75. The number of hydrogen-bond acceptors (Lipinski definition) is 2. The Balaban J connectivity index is 2.03. The lowest BCUT2D eigenvalue weighted by molar-refractivity contribution is -0.111. The second-order valence-corrected chi connectivity index (χ2v) is 4.67. The first-order valence-electron chi connectivity index (χ1n) is 5.86. The van der Waals surface area contributed by atoms with Crippen molar-refractivity contribution < 1.29 is 9.21 Å². The molecule has 3 nitrogen and oxygen atoms in total. The van der Waals surface area contributed by atoms with Crippen molar-refractivity contribution in [1.82, 2.24) is 0 Å². The Hall–Kier alpha value is -2.00. The normalized spacial score (nSPS) is 10.9. The Morgan fingerprint density at radius 2 is 2.05 bits per heavy atom. The van der Waals surface area contributed by atoms with E-state index < -0.39 is 0 Å². The van der Waals surface area contributed by atoms with Crippen molar-refractivity contribution in [3.63, 3.8) is 0 Å². The summed E-state index contributed by atoms with van der Waals surface area (Å²) in [7, 11) is 0. The third-order valence-corrected chi connectivity index (χ3v) is 2.84. The molecular weight excluding hydrogens is 262 g/mol. The van der Waals surface area contributed by atoms with Gasteiger partial charge in [0.1, 0.15) is 11.5 Å². The zero-order valence-electron chi connectivity index (χ0n) is 10.7. The van der Waals surface area contributed by atoms with Crippen LogP contribution in [0, 0.1) is 13.8 Å². The number of carbonyl (C=O) groups is 1. The summed E-state index contributed by atoms with van der Waals surface area (Å²) in [6.07, 6.45) is 3.07. The van der Waals surface area contributed by atoms with Gasteiger partial charge in [0, 0.05) is 16.8 Å². The van der Waals surface area contributed by atoms with Crippen molar-refractivity contribution in [3.05, 3.63) is 58.5 Å². The lowest BCUT2D eigenvalue weighted by Crippen LogP contribution is -2.08. The Morgan fingerprint density at radius 3 is 2.68 bits per heavy atom. The maximum Gasteiger partial charge on any atom is 0.248 e. The third-order valence-electron chi connectivity index (χ3n) is 2.61. The molecule has 2 rings (SSSR count). The number of carbonyl (C=O) groups excluding carboxylic acids is 1. The zero-order chi connectivity index (χ0) is 13.8.